The number of halogens is 6. The first kappa shape index (κ1) is 34.2. The highest BCUT2D eigenvalue weighted by atomic mass is 19.4. The standard InChI is InChI=1S/C18H21N5O2.2C2HF3O2/c1-11-2-3-14(17(21)22)10-15(11)25-9-8-23-18(24)13-6-4-12(5-7-13)16(19)20;2*3-2(4,5)1(6)7/h2-7,10H,8-9H2,1H3,(H3,19,20)(H3,21,22)(H,23,24);2*(H,6,7). The Morgan fingerprint density at radius 2 is 1.21 bits per heavy atom. The Morgan fingerprint density at radius 3 is 1.59 bits per heavy atom. The minimum atomic E-state index is -5.08. The minimum absolute atomic E-state index is 0.0211. The van der Waals surface area contributed by atoms with Crippen molar-refractivity contribution in [2.45, 2.75) is 19.3 Å². The van der Waals surface area contributed by atoms with Crippen LogP contribution in [-0.4, -0.2) is 65.2 Å². The van der Waals surface area contributed by atoms with E-state index in [2.05, 4.69) is 5.32 Å². The maximum atomic E-state index is 12.1. The Labute approximate surface area is 216 Å². The zero-order chi connectivity index (χ0) is 30.6. The van der Waals surface area contributed by atoms with Crippen molar-refractivity contribution in [3.63, 3.8) is 0 Å². The van der Waals surface area contributed by atoms with Gasteiger partial charge in [0.05, 0.1) is 6.54 Å². The number of alkyl halides is 6. The van der Waals surface area contributed by atoms with Crippen LogP contribution in [0.25, 0.3) is 0 Å². The van der Waals surface area contributed by atoms with Gasteiger partial charge in [-0.05, 0) is 30.7 Å². The predicted molar refractivity (Wildman–Crippen MR) is 125 cm³/mol. The van der Waals surface area contributed by atoms with Gasteiger partial charge >= 0.3 is 24.3 Å². The number of aliphatic carboxylic acids is 2. The van der Waals surface area contributed by atoms with Crippen LogP contribution in [0.15, 0.2) is 42.5 Å². The topological polar surface area (TPSA) is 213 Å². The van der Waals surface area contributed by atoms with Gasteiger partial charge in [0.25, 0.3) is 5.91 Å². The van der Waals surface area contributed by atoms with E-state index in [4.69, 9.17) is 46.8 Å². The Morgan fingerprint density at radius 1 is 0.821 bits per heavy atom. The van der Waals surface area contributed by atoms with Crippen LogP contribution in [0.5, 0.6) is 5.75 Å². The molecule has 17 heteroatoms. The number of carbonyl (C=O) groups excluding carboxylic acids is 1. The summed E-state index contributed by atoms with van der Waals surface area (Å²) in [5.74, 6) is -5.17. The highest BCUT2D eigenvalue weighted by molar-refractivity contribution is 5.98. The summed E-state index contributed by atoms with van der Waals surface area (Å²) in [5.41, 5.74) is 13.4. The average Bonchev–Trinajstić information content (AvgIpc) is 2.82. The molecule has 214 valence electrons. The molecule has 0 radical (unpaired) electrons. The van der Waals surface area contributed by atoms with Gasteiger partial charge in [-0.3, -0.25) is 15.6 Å². The summed E-state index contributed by atoms with van der Waals surface area (Å²) >= 11 is 0. The van der Waals surface area contributed by atoms with Gasteiger partial charge in [0.1, 0.15) is 24.0 Å². The minimum Gasteiger partial charge on any atom is -0.491 e. The van der Waals surface area contributed by atoms with Crippen molar-refractivity contribution in [1.82, 2.24) is 5.32 Å². The molecule has 0 bridgehead atoms. The van der Waals surface area contributed by atoms with Crippen molar-refractivity contribution in [2.24, 2.45) is 11.5 Å². The van der Waals surface area contributed by atoms with Gasteiger partial charge in [0.2, 0.25) is 0 Å². The third-order valence-electron chi connectivity index (χ3n) is 4.09. The molecular weight excluding hydrogens is 544 g/mol. The van der Waals surface area contributed by atoms with E-state index < -0.39 is 24.3 Å². The van der Waals surface area contributed by atoms with Crippen LogP contribution in [0.4, 0.5) is 26.3 Å². The molecule has 39 heavy (non-hydrogen) atoms. The molecule has 0 spiro atoms. The van der Waals surface area contributed by atoms with Crippen molar-refractivity contribution in [3.8, 4) is 5.75 Å². The summed E-state index contributed by atoms with van der Waals surface area (Å²) in [6.45, 7) is 2.52. The van der Waals surface area contributed by atoms with Gasteiger partial charge < -0.3 is 31.7 Å². The number of ether oxygens (including phenoxy) is 1. The van der Waals surface area contributed by atoms with E-state index in [-0.39, 0.29) is 17.6 Å². The lowest BCUT2D eigenvalue weighted by molar-refractivity contribution is -0.193. The summed E-state index contributed by atoms with van der Waals surface area (Å²) in [6.07, 6.45) is -10.2. The number of carbonyl (C=O) groups is 3. The van der Waals surface area contributed by atoms with Crippen LogP contribution in [0.2, 0.25) is 0 Å². The van der Waals surface area contributed by atoms with Crippen molar-refractivity contribution >= 4 is 29.5 Å². The molecule has 0 atom stereocenters. The summed E-state index contributed by atoms with van der Waals surface area (Å²) < 4.78 is 69.1. The van der Waals surface area contributed by atoms with E-state index in [1.807, 2.05) is 13.0 Å². The van der Waals surface area contributed by atoms with Crippen molar-refractivity contribution < 1.29 is 55.7 Å². The number of hydrogen-bond donors (Lipinski definition) is 7. The van der Waals surface area contributed by atoms with Crippen molar-refractivity contribution in [1.29, 1.82) is 10.8 Å². The highest BCUT2D eigenvalue weighted by Crippen LogP contribution is 2.19. The molecule has 0 unspecified atom stereocenters. The number of nitrogens with two attached hydrogens (primary N) is 2. The van der Waals surface area contributed by atoms with Gasteiger partial charge in [-0.15, -0.1) is 0 Å². The molecule has 0 heterocycles. The maximum Gasteiger partial charge on any atom is 0.490 e. The summed E-state index contributed by atoms with van der Waals surface area (Å²) in [7, 11) is 0. The molecule has 2 rings (SSSR count). The number of aryl methyl sites for hydroxylation is 1. The average molecular weight is 567 g/mol. The number of amidine groups is 2. The zero-order valence-corrected chi connectivity index (χ0v) is 19.9. The second-order valence-electron chi connectivity index (χ2n) is 7.10. The molecule has 0 aliphatic heterocycles. The van der Waals surface area contributed by atoms with Gasteiger partial charge in [0, 0.05) is 16.7 Å². The number of amides is 1. The molecule has 0 saturated heterocycles. The van der Waals surface area contributed by atoms with Crippen molar-refractivity contribution in [2.75, 3.05) is 13.2 Å². The fourth-order valence-electron chi connectivity index (χ4n) is 2.15. The molecule has 11 nitrogen and oxygen atoms in total. The third kappa shape index (κ3) is 13.3. The lowest BCUT2D eigenvalue weighted by atomic mass is 10.1. The molecule has 0 fully saturated rings. The van der Waals surface area contributed by atoms with Crippen LogP contribution >= 0.6 is 0 Å². The molecule has 0 aromatic heterocycles. The van der Waals surface area contributed by atoms with Crippen LogP contribution in [-0.2, 0) is 9.59 Å². The molecule has 0 aliphatic carbocycles. The van der Waals surface area contributed by atoms with E-state index in [1.54, 1.807) is 36.4 Å². The molecule has 0 saturated carbocycles. The number of rotatable bonds is 7. The molecule has 0 aliphatic rings. The van der Waals surface area contributed by atoms with Crippen molar-refractivity contribution in [3.05, 3.63) is 64.7 Å². The number of carboxylic acid groups (broad SMARTS) is 2. The van der Waals surface area contributed by atoms with Gasteiger partial charge in [0.15, 0.2) is 0 Å². The Bertz CT molecular complexity index is 1160. The fraction of sp³-hybridized carbons (Fsp3) is 0.227. The molecule has 2 aromatic carbocycles. The normalized spacial score (nSPS) is 10.5. The Hall–Kier alpha value is -4.83. The largest absolute Gasteiger partial charge is 0.491 e. The molecule has 9 N–H and O–H groups in total. The number of carboxylic acids is 2. The second-order valence-corrected chi connectivity index (χ2v) is 7.10. The van der Waals surface area contributed by atoms with Crippen LogP contribution in [0, 0.1) is 17.7 Å². The summed E-state index contributed by atoms with van der Waals surface area (Å²) in [6, 6.07) is 11.8. The van der Waals surface area contributed by atoms with Crippen LogP contribution < -0.4 is 21.5 Å². The van der Waals surface area contributed by atoms with Gasteiger partial charge in [-0.2, -0.15) is 26.3 Å². The smallest absolute Gasteiger partial charge is 0.490 e. The number of nitrogen functional groups attached to an aromatic ring is 2. The Kier molecular flexibility index (Phi) is 13.0. The zero-order valence-electron chi connectivity index (χ0n) is 19.9. The maximum absolute atomic E-state index is 12.1. The summed E-state index contributed by atoms with van der Waals surface area (Å²) in [4.78, 5) is 29.8. The third-order valence-corrected chi connectivity index (χ3v) is 4.09. The fourth-order valence-corrected chi connectivity index (χ4v) is 2.15. The SMILES string of the molecule is Cc1ccc(C(=N)N)cc1OCCNC(=O)c1ccc(C(=N)N)cc1.O=C(O)C(F)(F)F.O=C(O)C(F)(F)F. The quantitative estimate of drug-likeness (QED) is 0.114. The monoisotopic (exact) mass is 567 g/mol. The van der Waals surface area contributed by atoms with E-state index in [9.17, 15) is 31.1 Å². The van der Waals surface area contributed by atoms with Gasteiger partial charge in [-0.1, -0.05) is 24.3 Å². The molecule has 2 aromatic rings. The van der Waals surface area contributed by atoms with Gasteiger partial charge in [-0.25, -0.2) is 9.59 Å². The van der Waals surface area contributed by atoms with E-state index in [0.29, 0.717) is 35.6 Å². The lowest BCUT2D eigenvalue weighted by Crippen LogP contribution is -2.28. The number of hydrogen-bond acceptors (Lipinski definition) is 6. The first-order chi connectivity index (χ1) is 17.8. The first-order valence-electron chi connectivity index (χ1n) is 10.2. The predicted octanol–water partition coefficient (Wildman–Crippen LogP) is 2.64. The highest BCUT2D eigenvalue weighted by Gasteiger charge is 2.38. The second kappa shape index (κ2) is 14.8. The Balaban J connectivity index is 0.000000848. The van der Waals surface area contributed by atoms with E-state index in [1.165, 1.54) is 0 Å². The summed E-state index contributed by atoms with van der Waals surface area (Å²) in [5, 5.41) is 31.8. The first-order valence-corrected chi connectivity index (χ1v) is 10.2. The van der Waals surface area contributed by atoms with E-state index >= 15 is 0 Å². The number of nitrogens with one attached hydrogen (secondary N) is 3. The van der Waals surface area contributed by atoms with Crippen LogP contribution in [0.3, 0.4) is 0 Å². The van der Waals surface area contributed by atoms with Crippen LogP contribution in [0.1, 0.15) is 27.0 Å². The molecular formula is C22H23F6N5O6. The molecule has 1 amide bonds. The number of benzene rings is 2. The van der Waals surface area contributed by atoms with E-state index in [0.717, 1.165) is 5.56 Å². The lowest BCUT2D eigenvalue weighted by Gasteiger charge is -2.11.